The van der Waals surface area contributed by atoms with Crippen LogP contribution in [0.1, 0.15) is 29.1 Å². The molecule has 1 aliphatic carbocycles. The average Bonchev–Trinajstić information content (AvgIpc) is 2.86. The molecule has 1 aromatic rings. The van der Waals surface area contributed by atoms with Crippen LogP contribution in [0.5, 0.6) is 0 Å². The minimum Gasteiger partial charge on any atom is -0.346 e. The number of nitrogens with zero attached hydrogens (tertiary/aromatic N) is 2. The zero-order chi connectivity index (χ0) is 11.5. The van der Waals surface area contributed by atoms with Crippen molar-refractivity contribution in [1.82, 2.24) is 15.5 Å². The summed E-state index contributed by atoms with van der Waals surface area (Å²) in [4.78, 5) is 11.8. The first-order chi connectivity index (χ1) is 7.70. The SMILES string of the molecule is CSC1CCCC1NC(=O)c1nnc(Cl)s1. The molecule has 1 aromatic heterocycles. The van der Waals surface area contributed by atoms with Crippen LogP contribution in [-0.4, -0.2) is 33.7 Å². The van der Waals surface area contributed by atoms with E-state index in [1.54, 1.807) is 0 Å². The molecule has 1 amide bonds. The van der Waals surface area contributed by atoms with Gasteiger partial charge in [-0.1, -0.05) is 17.8 Å². The maximum Gasteiger partial charge on any atom is 0.282 e. The average molecular weight is 278 g/mol. The van der Waals surface area contributed by atoms with Crippen molar-refractivity contribution in [3.05, 3.63) is 9.47 Å². The van der Waals surface area contributed by atoms with Crippen LogP contribution in [0.25, 0.3) is 0 Å². The van der Waals surface area contributed by atoms with Gasteiger partial charge in [0.05, 0.1) is 0 Å². The predicted molar refractivity (Wildman–Crippen MR) is 67.3 cm³/mol. The smallest absolute Gasteiger partial charge is 0.282 e. The predicted octanol–water partition coefficient (Wildman–Crippen LogP) is 2.21. The first kappa shape index (κ1) is 12.1. The second kappa shape index (κ2) is 5.33. The van der Waals surface area contributed by atoms with Gasteiger partial charge in [0.1, 0.15) is 0 Å². The largest absolute Gasteiger partial charge is 0.346 e. The Morgan fingerprint density at radius 1 is 1.56 bits per heavy atom. The van der Waals surface area contributed by atoms with Gasteiger partial charge in [-0.25, -0.2) is 0 Å². The van der Waals surface area contributed by atoms with Crippen LogP contribution >= 0.6 is 34.7 Å². The molecule has 1 fully saturated rings. The topological polar surface area (TPSA) is 54.9 Å². The molecule has 16 heavy (non-hydrogen) atoms. The van der Waals surface area contributed by atoms with Gasteiger partial charge in [-0.15, -0.1) is 10.2 Å². The summed E-state index contributed by atoms with van der Waals surface area (Å²) in [5.41, 5.74) is 0. The fraction of sp³-hybridized carbons (Fsp3) is 0.667. The Bertz CT molecular complexity index is 385. The van der Waals surface area contributed by atoms with Crippen molar-refractivity contribution in [2.24, 2.45) is 0 Å². The van der Waals surface area contributed by atoms with Gasteiger partial charge in [-0.2, -0.15) is 11.8 Å². The highest BCUT2D eigenvalue weighted by Crippen LogP contribution is 2.28. The first-order valence-corrected chi connectivity index (χ1v) is 7.51. The number of amides is 1. The Balaban J connectivity index is 1.97. The Morgan fingerprint density at radius 2 is 2.38 bits per heavy atom. The number of aromatic nitrogens is 2. The quantitative estimate of drug-likeness (QED) is 0.920. The molecule has 1 saturated carbocycles. The molecule has 0 aliphatic heterocycles. The van der Waals surface area contributed by atoms with Gasteiger partial charge in [0.2, 0.25) is 9.47 Å². The Hall–Kier alpha value is -0.330. The van der Waals surface area contributed by atoms with Crippen LogP contribution < -0.4 is 5.32 Å². The number of carbonyl (C=O) groups is 1. The van der Waals surface area contributed by atoms with Gasteiger partial charge in [-0.3, -0.25) is 4.79 Å². The second-order valence-corrected chi connectivity index (χ2v) is 6.28. The van der Waals surface area contributed by atoms with E-state index in [1.165, 1.54) is 12.8 Å². The Kier molecular flexibility index (Phi) is 4.05. The van der Waals surface area contributed by atoms with Crippen molar-refractivity contribution >= 4 is 40.6 Å². The third-order valence-electron chi connectivity index (χ3n) is 2.67. The molecule has 0 bridgehead atoms. The molecule has 1 heterocycles. The van der Waals surface area contributed by atoms with Crippen LogP contribution in [0.2, 0.25) is 4.47 Å². The molecule has 2 atom stereocenters. The van der Waals surface area contributed by atoms with E-state index in [-0.39, 0.29) is 11.9 Å². The molecular formula is C9H12ClN3OS2. The van der Waals surface area contributed by atoms with E-state index in [9.17, 15) is 4.79 Å². The maximum absolute atomic E-state index is 11.8. The second-order valence-electron chi connectivity index (χ2n) is 3.65. The Labute approximate surface area is 107 Å². The number of hydrogen-bond donors (Lipinski definition) is 1. The summed E-state index contributed by atoms with van der Waals surface area (Å²) in [5, 5.41) is 11.2. The minimum atomic E-state index is -0.157. The van der Waals surface area contributed by atoms with Crippen LogP contribution in [-0.2, 0) is 0 Å². The zero-order valence-electron chi connectivity index (χ0n) is 8.77. The van der Waals surface area contributed by atoms with E-state index in [1.807, 2.05) is 11.8 Å². The summed E-state index contributed by atoms with van der Waals surface area (Å²) in [5.74, 6) is -0.157. The van der Waals surface area contributed by atoms with E-state index >= 15 is 0 Å². The van der Waals surface area contributed by atoms with Crippen LogP contribution in [0.15, 0.2) is 0 Å². The standard InChI is InChI=1S/C9H12ClN3OS2/c1-15-6-4-2-3-5(6)11-7(14)8-12-13-9(10)16-8/h5-6H,2-4H2,1H3,(H,11,14). The van der Waals surface area contributed by atoms with Crippen LogP contribution in [0, 0.1) is 0 Å². The minimum absolute atomic E-state index is 0.157. The third-order valence-corrected chi connectivity index (χ3v) is 4.85. The lowest BCUT2D eigenvalue weighted by atomic mass is 10.2. The van der Waals surface area contributed by atoms with Crippen LogP contribution in [0.4, 0.5) is 0 Å². The molecule has 0 aromatic carbocycles. The van der Waals surface area contributed by atoms with Crippen molar-refractivity contribution in [1.29, 1.82) is 0 Å². The number of thioether (sulfide) groups is 1. The normalized spacial score (nSPS) is 24.6. The highest BCUT2D eigenvalue weighted by atomic mass is 35.5. The van der Waals surface area contributed by atoms with E-state index < -0.39 is 0 Å². The van der Waals surface area contributed by atoms with Gasteiger partial charge in [0.15, 0.2) is 0 Å². The maximum atomic E-state index is 11.8. The van der Waals surface area contributed by atoms with Gasteiger partial charge < -0.3 is 5.32 Å². The summed E-state index contributed by atoms with van der Waals surface area (Å²) in [7, 11) is 0. The van der Waals surface area contributed by atoms with Crippen molar-refractivity contribution in [3.8, 4) is 0 Å². The lowest BCUT2D eigenvalue weighted by molar-refractivity contribution is 0.0937. The molecule has 0 spiro atoms. The molecule has 0 radical (unpaired) electrons. The summed E-state index contributed by atoms with van der Waals surface area (Å²) in [6.07, 6.45) is 5.47. The van der Waals surface area contributed by atoms with Crippen LogP contribution in [0.3, 0.4) is 0 Å². The number of halogens is 1. The fourth-order valence-corrected chi connectivity index (χ4v) is 3.57. The highest BCUT2D eigenvalue weighted by molar-refractivity contribution is 7.99. The van der Waals surface area contributed by atoms with E-state index in [4.69, 9.17) is 11.6 Å². The molecule has 4 nitrogen and oxygen atoms in total. The van der Waals surface area contributed by atoms with Crippen molar-refractivity contribution in [2.45, 2.75) is 30.6 Å². The molecule has 88 valence electrons. The summed E-state index contributed by atoms with van der Waals surface area (Å²) >= 11 is 8.56. The Morgan fingerprint density at radius 3 is 3.00 bits per heavy atom. The van der Waals surface area contributed by atoms with Gasteiger partial charge in [0, 0.05) is 11.3 Å². The summed E-state index contributed by atoms with van der Waals surface area (Å²) in [6, 6.07) is 0.255. The molecule has 7 heteroatoms. The van der Waals surface area contributed by atoms with E-state index in [0.717, 1.165) is 17.8 Å². The number of nitrogens with one attached hydrogen (secondary N) is 1. The van der Waals surface area contributed by atoms with Gasteiger partial charge >= 0.3 is 0 Å². The summed E-state index contributed by atoms with van der Waals surface area (Å²) < 4.78 is 0.304. The monoisotopic (exact) mass is 277 g/mol. The highest BCUT2D eigenvalue weighted by Gasteiger charge is 2.28. The molecule has 2 unspecified atom stereocenters. The number of rotatable bonds is 3. The third kappa shape index (κ3) is 2.67. The molecule has 2 rings (SSSR count). The van der Waals surface area contributed by atoms with Crippen molar-refractivity contribution < 1.29 is 4.79 Å². The summed E-state index contributed by atoms with van der Waals surface area (Å²) in [6.45, 7) is 0. The zero-order valence-corrected chi connectivity index (χ0v) is 11.2. The van der Waals surface area contributed by atoms with Gasteiger partial charge in [-0.05, 0) is 30.7 Å². The lowest BCUT2D eigenvalue weighted by Crippen LogP contribution is -2.38. The van der Waals surface area contributed by atoms with E-state index in [2.05, 4.69) is 21.8 Å². The number of carbonyl (C=O) groups excluding carboxylic acids is 1. The molecule has 1 aliphatic rings. The van der Waals surface area contributed by atoms with Crippen molar-refractivity contribution in [3.63, 3.8) is 0 Å². The molecule has 0 saturated heterocycles. The van der Waals surface area contributed by atoms with E-state index in [0.29, 0.717) is 14.7 Å². The lowest BCUT2D eigenvalue weighted by Gasteiger charge is -2.18. The van der Waals surface area contributed by atoms with Gasteiger partial charge in [0.25, 0.3) is 5.91 Å². The number of hydrogen-bond acceptors (Lipinski definition) is 5. The van der Waals surface area contributed by atoms with Crippen molar-refractivity contribution in [2.75, 3.05) is 6.26 Å². The fourth-order valence-electron chi connectivity index (χ4n) is 1.90. The molecule has 1 N–H and O–H groups in total. The first-order valence-electron chi connectivity index (χ1n) is 5.03. The molecular weight excluding hydrogens is 266 g/mol.